The fraction of sp³-hybridized carbons (Fsp3) is 0.688. The highest BCUT2D eigenvalue weighted by molar-refractivity contribution is 5.92. The molecule has 0 radical (unpaired) electrons. The first-order chi connectivity index (χ1) is 11.1. The smallest absolute Gasteiger partial charge is 0.272 e. The standard InChI is InChI=1S/C16H24N4O3/c1-12(21)20(13-4-7-23-8-5-13)14-3-6-19(10-14)16(22)15-9-17-11-18(15)2/h9,11,13-14H,3-8,10H2,1-2H3. The van der Waals surface area contributed by atoms with Gasteiger partial charge in [0.1, 0.15) is 5.69 Å². The summed E-state index contributed by atoms with van der Waals surface area (Å²) < 4.78 is 7.13. The lowest BCUT2D eigenvalue weighted by atomic mass is 10.0. The van der Waals surface area contributed by atoms with Crippen LogP contribution in [0.5, 0.6) is 0 Å². The Bertz CT molecular complexity index is 580. The maximum absolute atomic E-state index is 12.6. The molecule has 23 heavy (non-hydrogen) atoms. The van der Waals surface area contributed by atoms with Crippen molar-refractivity contribution in [2.75, 3.05) is 26.3 Å². The van der Waals surface area contributed by atoms with E-state index in [2.05, 4.69) is 4.98 Å². The number of amides is 2. The maximum atomic E-state index is 12.6. The van der Waals surface area contributed by atoms with Crippen LogP contribution in [0.15, 0.2) is 12.5 Å². The second kappa shape index (κ2) is 6.70. The van der Waals surface area contributed by atoms with E-state index in [1.54, 1.807) is 24.0 Å². The summed E-state index contributed by atoms with van der Waals surface area (Å²) in [6, 6.07) is 0.339. The number of rotatable bonds is 3. The van der Waals surface area contributed by atoms with Crippen LogP contribution in [0.1, 0.15) is 36.7 Å². The molecule has 3 rings (SSSR count). The Morgan fingerprint density at radius 1 is 1.26 bits per heavy atom. The summed E-state index contributed by atoms with van der Waals surface area (Å²) in [6.45, 7) is 4.32. The molecule has 0 saturated carbocycles. The molecule has 1 aromatic rings. The van der Waals surface area contributed by atoms with Crippen LogP contribution < -0.4 is 0 Å². The Morgan fingerprint density at radius 2 is 2.00 bits per heavy atom. The number of likely N-dealkylation sites (tertiary alicyclic amines) is 1. The summed E-state index contributed by atoms with van der Waals surface area (Å²) in [4.78, 5) is 32.6. The second-order valence-electron chi connectivity index (χ2n) is 6.35. The van der Waals surface area contributed by atoms with Crippen LogP contribution in [0.25, 0.3) is 0 Å². The van der Waals surface area contributed by atoms with Gasteiger partial charge >= 0.3 is 0 Å². The highest BCUT2D eigenvalue weighted by Gasteiger charge is 2.36. The van der Waals surface area contributed by atoms with E-state index in [-0.39, 0.29) is 23.9 Å². The number of hydrogen-bond acceptors (Lipinski definition) is 4. The third-order valence-electron chi connectivity index (χ3n) is 4.83. The molecule has 0 aromatic carbocycles. The molecule has 126 valence electrons. The number of aryl methyl sites for hydroxylation is 1. The van der Waals surface area contributed by atoms with E-state index in [0.717, 1.165) is 19.3 Å². The molecular weight excluding hydrogens is 296 g/mol. The highest BCUT2D eigenvalue weighted by atomic mass is 16.5. The summed E-state index contributed by atoms with van der Waals surface area (Å²) in [5.74, 6) is 0.0831. The summed E-state index contributed by atoms with van der Waals surface area (Å²) in [7, 11) is 1.82. The number of aromatic nitrogens is 2. The van der Waals surface area contributed by atoms with Crippen molar-refractivity contribution in [1.29, 1.82) is 0 Å². The Balaban J connectivity index is 1.68. The zero-order chi connectivity index (χ0) is 16.4. The van der Waals surface area contributed by atoms with Gasteiger partial charge in [0.15, 0.2) is 0 Å². The predicted octanol–water partition coefficient (Wildman–Crippen LogP) is 0.662. The third kappa shape index (κ3) is 3.24. The normalized spacial score (nSPS) is 22.3. The topological polar surface area (TPSA) is 67.7 Å². The molecule has 7 heteroatoms. The summed E-state index contributed by atoms with van der Waals surface area (Å²) in [5.41, 5.74) is 0.589. The van der Waals surface area contributed by atoms with Gasteiger partial charge in [-0.05, 0) is 19.3 Å². The minimum atomic E-state index is -0.0111. The Hall–Kier alpha value is -1.89. The minimum absolute atomic E-state index is 0.0111. The summed E-state index contributed by atoms with van der Waals surface area (Å²) in [6.07, 6.45) is 5.82. The van der Waals surface area contributed by atoms with Gasteiger partial charge in [-0.1, -0.05) is 0 Å². The first kappa shape index (κ1) is 16.0. The molecule has 0 spiro atoms. The predicted molar refractivity (Wildman–Crippen MR) is 83.9 cm³/mol. The zero-order valence-corrected chi connectivity index (χ0v) is 13.8. The van der Waals surface area contributed by atoms with Crippen molar-refractivity contribution in [3.05, 3.63) is 18.2 Å². The highest BCUT2D eigenvalue weighted by Crippen LogP contribution is 2.24. The van der Waals surface area contributed by atoms with Crippen LogP contribution in [0.4, 0.5) is 0 Å². The fourth-order valence-corrected chi connectivity index (χ4v) is 3.65. The van der Waals surface area contributed by atoms with Gasteiger partial charge in [0.05, 0.1) is 18.6 Å². The number of nitrogens with zero attached hydrogens (tertiary/aromatic N) is 4. The van der Waals surface area contributed by atoms with Crippen molar-refractivity contribution < 1.29 is 14.3 Å². The van der Waals surface area contributed by atoms with E-state index in [4.69, 9.17) is 4.74 Å². The molecule has 1 aromatic heterocycles. The van der Waals surface area contributed by atoms with Crippen LogP contribution in [0.2, 0.25) is 0 Å². The third-order valence-corrected chi connectivity index (χ3v) is 4.83. The van der Waals surface area contributed by atoms with Crippen LogP contribution in [-0.4, -0.2) is 69.6 Å². The summed E-state index contributed by atoms with van der Waals surface area (Å²) in [5, 5.41) is 0. The van der Waals surface area contributed by atoms with Crippen LogP contribution in [-0.2, 0) is 16.6 Å². The molecule has 2 fully saturated rings. The SMILES string of the molecule is CC(=O)N(C1CCOCC1)C1CCN(C(=O)c2cncn2C)C1. The monoisotopic (exact) mass is 320 g/mol. The van der Waals surface area contributed by atoms with Gasteiger partial charge in [0, 0.05) is 46.3 Å². The number of carbonyl (C=O) groups is 2. The molecule has 1 unspecified atom stereocenters. The van der Waals surface area contributed by atoms with Gasteiger partial charge in [0.25, 0.3) is 5.91 Å². The van der Waals surface area contributed by atoms with Gasteiger partial charge in [-0.25, -0.2) is 4.98 Å². The van der Waals surface area contributed by atoms with E-state index < -0.39 is 0 Å². The molecule has 0 bridgehead atoms. The van der Waals surface area contributed by atoms with Crippen molar-refractivity contribution in [3.63, 3.8) is 0 Å². The van der Waals surface area contributed by atoms with Gasteiger partial charge in [-0.3, -0.25) is 9.59 Å². The van der Waals surface area contributed by atoms with E-state index in [9.17, 15) is 9.59 Å². The average molecular weight is 320 g/mol. The van der Waals surface area contributed by atoms with Crippen LogP contribution >= 0.6 is 0 Å². The lowest BCUT2D eigenvalue weighted by Gasteiger charge is -2.37. The fourth-order valence-electron chi connectivity index (χ4n) is 3.65. The molecule has 1 atom stereocenters. The molecule has 0 aliphatic carbocycles. The van der Waals surface area contributed by atoms with Gasteiger partial charge < -0.3 is 19.1 Å². The molecule has 2 amide bonds. The number of ether oxygens (including phenoxy) is 1. The average Bonchev–Trinajstić information content (AvgIpc) is 3.17. The second-order valence-corrected chi connectivity index (χ2v) is 6.35. The first-order valence-corrected chi connectivity index (χ1v) is 8.20. The minimum Gasteiger partial charge on any atom is -0.381 e. The van der Waals surface area contributed by atoms with Crippen LogP contribution in [0, 0.1) is 0 Å². The largest absolute Gasteiger partial charge is 0.381 e. The van der Waals surface area contributed by atoms with Crippen molar-refractivity contribution in [1.82, 2.24) is 19.4 Å². The Labute approximate surface area is 136 Å². The van der Waals surface area contributed by atoms with Crippen molar-refractivity contribution in [2.24, 2.45) is 7.05 Å². The molecule has 7 nitrogen and oxygen atoms in total. The van der Waals surface area contributed by atoms with Gasteiger partial charge in [-0.2, -0.15) is 0 Å². The zero-order valence-electron chi connectivity index (χ0n) is 13.8. The van der Waals surface area contributed by atoms with Crippen molar-refractivity contribution in [2.45, 2.75) is 38.3 Å². The number of imidazole rings is 1. The van der Waals surface area contributed by atoms with E-state index in [1.165, 1.54) is 0 Å². The molecular formula is C16H24N4O3. The van der Waals surface area contributed by atoms with E-state index in [0.29, 0.717) is 32.0 Å². The van der Waals surface area contributed by atoms with E-state index in [1.807, 2.05) is 16.8 Å². The summed E-state index contributed by atoms with van der Waals surface area (Å²) >= 11 is 0. The molecule has 2 aliphatic rings. The molecule has 2 aliphatic heterocycles. The van der Waals surface area contributed by atoms with Gasteiger partial charge in [-0.15, -0.1) is 0 Å². The number of carbonyl (C=O) groups excluding carboxylic acids is 2. The lowest BCUT2D eigenvalue weighted by molar-refractivity contribution is -0.135. The van der Waals surface area contributed by atoms with E-state index >= 15 is 0 Å². The Morgan fingerprint density at radius 3 is 2.61 bits per heavy atom. The van der Waals surface area contributed by atoms with Crippen molar-refractivity contribution in [3.8, 4) is 0 Å². The Kier molecular flexibility index (Phi) is 4.66. The van der Waals surface area contributed by atoms with Gasteiger partial charge in [0.2, 0.25) is 5.91 Å². The van der Waals surface area contributed by atoms with Crippen molar-refractivity contribution >= 4 is 11.8 Å². The molecule has 3 heterocycles. The van der Waals surface area contributed by atoms with Crippen LogP contribution in [0.3, 0.4) is 0 Å². The molecule has 2 saturated heterocycles. The first-order valence-electron chi connectivity index (χ1n) is 8.20. The number of hydrogen-bond donors (Lipinski definition) is 0. The lowest BCUT2D eigenvalue weighted by Crippen LogP contribution is -2.49. The maximum Gasteiger partial charge on any atom is 0.272 e. The quantitative estimate of drug-likeness (QED) is 0.820. The molecule has 0 N–H and O–H groups in total.